The second kappa shape index (κ2) is 9.23. The van der Waals surface area contributed by atoms with Crippen LogP contribution in [0.5, 0.6) is 0 Å². The standard InChI is InChI=1S/C22H25F3N4O2/c1-2-5-29-19-4-3-15(26-13-14-10-17(23)20(25)18(24)11-14)12-16(19)21(27-29)22(30)28-6-8-31-9-7-28/h2,10-11,15,26H,1,3-9,12-13H2. The van der Waals surface area contributed by atoms with Crippen molar-refractivity contribution in [2.45, 2.75) is 38.4 Å². The molecule has 1 saturated heterocycles. The van der Waals surface area contributed by atoms with Crippen molar-refractivity contribution in [2.75, 3.05) is 26.3 Å². The van der Waals surface area contributed by atoms with Crippen LogP contribution in [0.1, 0.15) is 33.7 Å². The minimum absolute atomic E-state index is 0.00120. The number of nitrogens with one attached hydrogen (secondary N) is 1. The van der Waals surface area contributed by atoms with Crippen LogP contribution in [0.2, 0.25) is 0 Å². The zero-order valence-electron chi connectivity index (χ0n) is 17.2. The van der Waals surface area contributed by atoms with E-state index in [-0.39, 0.29) is 18.5 Å². The molecule has 1 aromatic heterocycles. The van der Waals surface area contributed by atoms with Crippen LogP contribution in [0, 0.1) is 17.5 Å². The quantitative estimate of drug-likeness (QED) is 0.561. The number of hydrogen-bond donors (Lipinski definition) is 1. The Bertz CT molecular complexity index is 962. The van der Waals surface area contributed by atoms with Crippen LogP contribution in [-0.4, -0.2) is 52.9 Å². The Labute approximate surface area is 178 Å². The summed E-state index contributed by atoms with van der Waals surface area (Å²) in [6.45, 7) is 6.58. The maximum Gasteiger partial charge on any atom is 0.274 e. The van der Waals surface area contributed by atoms with Gasteiger partial charge in [-0.1, -0.05) is 6.08 Å². The van der Waals surface area contributed by atoms with Crippen molar-refractivity contribution < 1.29 is 22.7 Å². The molecule has 166 valence electrons. The molecule has 31 heavy (non-hydrogen) atoms. The maximum atomic E-state index is 13.5. The highest BCUT2D eigenvalue weighted by atomic mass is 19.2. The van der Waals surface area contributed by atoms with E-state index in [2.05, 4.69) is 17.0 Å². The number of allylic oxidation sites excluding steroid dienone is 1. The number of fused-ring (bicyclic) bond motifs is 1. The molecule has 9 heteroatoms. The summed E-state index contributed by atoms with van der Waals surface area (Å²) in [7, 11) is 0. The van der Waals surface area contributed by atoms with Crippen LogP contribution >= 0.6 is 0 Å². The molecule has 2 aromatic rings. The van der Waals surface area contributed by atoms with Crippen molar-refractivity contribution in [2.24, 2.45) is 0 Å². The molecule has 2 aliphatic rings. The molecule has 1 aliphatic heterocycles. The fourth-order valence-electron chi connectivity index (χ4n) is 4.20. The fourth-order valence-corrected chi connectivity index (χ4v) is 4.20. The van der Waals surface area contributed by atoms with Crippen LogP contribution in [0.15, 0.2) is 24.8 Å². The van der Waals surface area contributed by atoms with E-state index in [4.69, 9.17) is 4.74 Å². The number of amides is 1. The molecular formula is C22H25F3N4O2. The fraction of sp³-hybridized carbons (Fsp3) is 0.455. The molecule has 0 bridgehead atoms. The van der Waals surface area contributed by atoms with Crippen molar-refractivity contribution in [3.63, 3.8) is 0 Å². The summed E-state index contributed by atoms with van der Waals surface area (Å²) in [5, 5.41) is 7.87. The molecule has 1 unspecified atom stereocenters. The number of halogens is 3. The molecule has 0 saturated carbocycles. The van der Waals surface area contributed by atoms with Gasteiger partial charge in [0, 0.05) is 36.9 Å². The van der Waals surface area contributed by atoms with Gasteiger partial charge in [-0.25, -0.2) is 13.2 Å². The SMILES string of the molecule is C=CCn1nc(C(=O)N2CCOCC2)c2c1CCC(NCc1cc(F)c(F)c(F)c1)C2. The van der Waals surface area contributed by atoms with Crippen LogP contribution in [-0.2, 0) is 30.7 Å². The summed E-state index contributed by atoms with van der Waals surface area (Å²) in [6.07, 6.45) is 3.83. The van der Waals surface area contributed by atoms with Crippen LogP contribution in [0.25, 0.3) is 0 Å². The van der Waals surface area contributed by atoms with Crippen molar-refractivity contribution in [1.29, 1.82) is 0 Å². The average molecular weight is 434 g/mol. The molecule has 0 radical (unpaired) electrons. The number of hydrogen-bond acceptors (Lipinski definition) is 4. The van der Waals surface area contributed by atoms with Crippen molar-refractivity contribution in [3.05, 3.63) is 64.8 Å². The predicted molar refractivity (Wildman–Crippen MR) is 108 cm³/mol. The highest BCUT2D eigenvalue weighted by Crippen LogP contribution is 2.27. The van der Waals surface area contributed by atoms with Gasteiger partial charge in [-0.15, -0.1) is 6.58 Å². The van der Waals surface area contributed by atoms with Gasteiger partial charge < -0.3 is 15.0 Å². The van der Waals surface area contributed by atoms with Gasteiger partial charge in [-0.3, -0.25) is 9.48 Å². The predicted octanol–water partition coefficient (Wildman–Crippen LogP) is 2.61. The first-order valence-electron chi connectivity index (χ1n) is 10.4. The number of ether oxygens (including phenoxy) is 1. The molecule has 1 N–H and O–H groups in total. The van der Waals surface area contributed by atoms with Gasteiger partial charge in [-0.2, -0.15) is 5.10 Å². The van der Waals surface area contributed by atoms with Gasteiger partial charge >= 0.3 is 0 Å². The first-order chi connectivity index (χ1) is 15.0. The minimum Gasteiger partial charge on any atom is -0.378 e. The number of rotatable bonds is 6. The Hall–Kier alpha value is -2.65. The number of aromatic nitrogens is 2. The van der Waals surface area contributed by atoms with E-state index in [0.29, 0.717) is 50.5 Å². The van der Waals surface area contributed by atoms with E-state index in [0.717, 1.165) is 36.2 Å². The molecule has 1 aliphatic carbocycles. The van der Waals surface area contributed by atoms with E-state index >= 15 is 0 Å². The third kappa shape index (κ3) is 4.52. The normalized spacial score (nSPS) is 18.7. The van der Waals surface area contributed by atoms with E-state index in [9.17, 15) is 18.0 Å². The van der Waals surface area contributed by atoms with E-state index in [1.54, 1.807) is 11.0 Å². The monoisotopic (exact) mass is 434 g/mol. The Morgan fingerprint density at radius 1 is 1.26 bits per heavy atom. The lowest BCUT2D eigenvalue weighted by Gasteiger charge is -2.28. The van der Waals surface area contributed by atoms with Gasteiger partial charge in [0.1, 0.15) is 0 Å². The van der Waals surface area contributed by atoms with E-state index < -0.39 is 17.5 Å². The summed E-state index contributed by atoms with van der Waals surface area (Å²) in [5.41, 5.74) is 2.70. The molecule has 1 fully saturated rings. The van der Waals surface area contributed by atoms with Crippen molar-refractivity contribution >= 4 is 5.91 Å². The molecular weight excluding hydrogens is 409 g/mol. The first kappa shape index (κ1) is 21.6. The zero-order chi connectivity index (χ0) is 22.0. The first-order valence-corrected chi connectivity index (χ1v) is 10.4. The Morgan fingerprint density at radius 3 is 2.65 bits per heavy atom. The molecule has 0 spiro atoms. The summed E-state index contributed by atoms with van der Waals surface area (Å²) in [5.74, 6) is -3.98. The van der Waals surface area contributed by atoms with Crippen molar-refractivity contribution in [1.82, 2.24) is 20.0 Å². The lowest BCUT2D eigenvalue weighted by atomic mass is 9.90. The largest absolute Gasteiger partial charge is 0.378 e. The van der Waals surface area contributed by atoms with Crippen LogP contribution in [0.4, 0.5) is 13.2 Å². The van der Waals surface area contributed by atoms with E-state index in [1.807, 2.05) is 4.68 Å². The minimum atomic E-state index is -1.47. The average Bonchev–Trinajstić information content (AvgIpc) is 3.14. The highest BCUT2D eigenvalue weighted by Gasteiger charge is 2.31. The number of nitrogens with zero attached hydrogens (tertiary/aromatic N) is 3. The Morgan fingerprint density at radius 2 is 1.97 bits per heavy atom. The number of morpholine rings is 1. The lowest BCUT2D eigenvalue weighted by molar-refractivity contribution is 0.0297. The van der Waals surface area contributed by atoms with Gasteiger partial charge in [0.05, 0.1) is 19.8 Å². The Balaban J connectivity index is 1.51. The van der Waals surface area contributed by atoms with Gasteiger partial charge in [-0.05, 0) is 37.0 Å². The molecule has 1 amide bonds. The third-order valence-electron chi connectivity index (χ3n) is 5.79. The molecule has 4 rings (SSSR count). The molecule has 1 atom stereocenters. The van der Waals surface area contributed by atoms with Crippen LogP contribution in [0.3, 0.4) is 0 Å². The topological polar surface area (TPSA) is 59.4 Å². The van der Waals surface area contributed by atoms with Crippen LogP contribution < -0.4 is 5.32 Å². The number of benzene rings is 1. The highest BCUT2D eigenvalue weighted by molar-refractivity contribution is 5.94. The Kier molecular flexibility index (Phi) is 6.43. The second-order valence-electron chi connectivity index (χ2n) is 7.84. The number of carbonyl (C=O) groups excluding carboxylic acids is 1. The summed E-state index contributed by atoms with van der Waals surface area (Å²) in [4.78, 5) is 14.9. The summed E-state index contributed by atoms with van der Waals surface area (Å²) < 4.78 is 47.3. The van der Waals surface area contributed by atoms with Gasteiger partial charge in [0.2, 0.25) is 0 Å². The van der Waals surface area contributed by atoms with E-state index in [1.165, 1.54) is 0 Å². The zero-order valence-corrected chi connectivity index (χ0v) is 17.2. The van der Waals surface area contributed by atoms with Gasteiger partial charge in [0.25, 0.3) is 5.91 Å². The number of carbonyl (C=O) groups is 1. The van der Waals surface area contributed by atoms with Gasteiger partial charge in [0.15, 0.2) is 23.1 Å². The molecule has 1 aromatic carbocycles. The lowest BCUT2D eigenvalue weighted by Crippen LogP contribution is -2.41. The summed E-state index contributed by atoms with van der Waals surface area (Å²) >= 11 is 0. The smallest absolute Gasteiger partial charge is 0.274 e. The second-order valence-corrected chi connectivity index (χ2v) is 7.84. The third-order valence-corrected chi connectivity index (χ3v) is 5.79. The van der Waals surface area contributed by atoms with Crippen molar-refractivity contribution in [3.8, 4) is 0 Å². The maximum absolute atomic E-state index is 13.5. The summed E-state index contributed by atoms with van der Waals surface area (Å²) in [6, 6.07) is 1.99. The molecule has 2 heterocycles. The molecule has 6 nitrogen and oxygen atoms in total.